The standard InChI is InChI=1S/C6H12N2O2/c1-6(2,3)8-4(7)5(9)10/h1-3H3,(H2,7,8)(H,9,10). The van der Waals surface area contributed by atoms with Crippen molar-refractivity contribution in [1.29, 1.82) is 0 Å². The summed E-state index contributed by atoms with van der Waals surface area (Å²) in [6.45, 7) is 5.34. The Kier molecular flexibility index (Phi) is 2.40. The van der Waals surface area contributed by atoms with Crippen molar-refractivity contribution in [2.24, 2.45) is 10.7 Å². The molecule has 0 aliphatic carbocycles. The molecule has 0 radical (unpaired) electrons. The third-order valence-corrected chi connectivity index (χ3v) is 0.675. The largest absolute Gasteiger partial charge is 0.475 e. The van der Waals surface area contributed by atoms with Crippen LogP contribution in [0.1, 0.15) is 20.8 Å². The molecular weight excluding hydrogens is 132 g/mol. The van der Waals surface area contributed by atoms with Crippen molar-refractivity contribution in [3.05, 3.63) is 0 Å². The number of nitrogens with zero attached hydrogens (tertiary/aromatic N) is 1. The van der Waals surface area contributed by atoms with Crippen LogP contribution >= 0.6 is 0 Å². The fourth-order valence-corrected chi connectivity index (χ4v) is 0.409. The number of carbonyl (C=O) groups is 1. The number of nitrogens with two attached hydrogens (primary N) is 1. The Balaban J connectivity index is 4.32. The third-order valence-electron chi connectivity index (χ3n) is 0.675. The van der Waals surface area contributed by atoms with E-state index >= 15 is 0 Å². The molecule has 0 heterocycles. The Bertz CT molecular complexity index is 167. The van der Waals surface area contributed by atoms with Crippen molar-refractivity contribution in [1.82, 2.24) is 0 Å². The zero-order chi connectivity index (χ0) is 8.36. The third kappa shape index (κ3) is 3.88. The van der Waals surface area contributed by atoms with Gasteiger partial charge >= 0.3 is 5.97 Å². The van der Waals surface area contributed by atoms with Crippen molar-refractivity contribution in [2.45, 2.75) is 26.3 Å². The van der Waals surface area contributed by atoms with E-state index in [0.717, 1.165) is 0 Å². The van der Waals surface area contributed by atoms with E-state index in [0.29, 0.717) is 0 Å². The van der Waals surface area contributed by atoms with Crippen LogP contribution < -0.4 is 5.73 Å². The van der Waals surface area contributed by atoms with Gasteiger partial charge in [-0.3, -0.25) is 4.99 Å². The minimum atomic E-state index is -1.17. The normalized spacial score (nSPS) is 13.3. The van der Waals surface area contributed by atoms with E-state index in [2.05, 4.69) is 4.99 Å². The smallest absolute Gasteiger partial charge is 0.370 e. The molecule has 0 saturated carbocycles. The molecule has 3 N–H and O–H groups in total. The average Bonchev–Trinajstić information content (AvgIpc) is 1.60. The zero-order valence-corrected chi connectivity index (χ0v) is 6.38. The molecule has 0 spiro atoms. The first-order valence-corrected chi connectivity index (χ1v) is 2.91. The molecule has 0 bridgehead atoms. The van der Waals surface area contributed by atoms with Gasteiger partial charge in [-0.1, -0.05) is 0 Å². The molecule has 0 aliphatic heterocycles. The Hall–Kier alpha value is -1.06. The monoisotopic (exact) mass is 144 g/mol. The van der Waals surface area contributed by atoms with E-state index in [1.807, 2.05) is 0 Å². The van der Waals surface area contributed by atoms with Crippen LogP contribution in [0.15, 0.2) is 4.99 Å². The summed E-state index contributed by atoms with van der Waals surface area (Å²) in [5.74, 6) is -1.51. The van der Waals surface area contributed by atoms with Gasteiger partial charge in [0.15, 0.2) is 0 Å². The lowest BCUT2D eigenvalue weighted by molar-refractivity contribution is -0.129. The van der Waals surface area contributed by atoms with Crippen LogP contribution in [0.5, 0.6) is 0 Å². The maximum atomic E-state index is 10.1. The molecule has 0 amide bonds. The maximum absolute atomic E-state index is 10.1. The van der Waals surface area contributed by atoms with Gasteiger partial charge in [0.2, 0.25) is 5.84 Å². The molecular formula is C6H12N2O2. The molecule has 0 saturated heterocycles. The second-order valence-electron chi connectivity index (χ2n) is 2.97. The minimum Gasteiger partial charge on any atom is -0.475 e. The second-order valence-corrected chi connectivity index (χ2v) is 2.97. The number of rotatable bonds is 0. The lowest BCUT2D eigenvalue weighted by Gasteiger charge is -2.11. The van der Waals surface area contributed by atoms with E-state index in [9.17, 15) is 4.79 Å². The van der Waals surface area contributed by atoms with Gasteiger partial charge in [-0.15, -0.1) is 0 Å². The lowest BCUT2D eigenvalue weighted by atomic mass is 10.1. The molecule has 0 rings (SSSR count). The van der Waals surface area contributed by atoms with Crippen molar-refractivity contribution < 1.29 is 9.90 Å². The molecule has 0 aliphatic rings. The molecule has 10 heavy (non-hydrogen) atoms. The molecule has 0 aromatic carbocycles. The van der Waals surface area contributed by atoms with Crippen LogP contribution in [0.3, 0.4) is 0 Å². The maximum Gasteiger partial charge on any atom is 0.370 e. The van der Waals surface area contributed by atoms with Gasteiger partial charge in [-0.25, -0.2) is 4.79 Å². The quantitative estimate of drug-likeness (QED) is 0.377. The highest BCUT2D eigenvalue weighted by atomic mass is 16.4. The van der Waals surface area contributed by atoms with E-state index in [1.165, 1.54) is 0 Å². The summed E-state index contributed by atoms with van der Waals surface area (Å²) in [6, 6.07) is 0. The molecule has 0 aromatic heterocycles. The Morgan fingerprint density at radius 1 is 1.50 bits per heavy atom. The van der Waals surface area contributed by atoms with Crippen LogP contribution in [0.25, 0.3) is 0 Å². The molecule has 0 fully saturated rings. The zero-order valence-electron chi connectivity index (χ0n) is 6.38. The number of hydrogen-bond acceptors (Lipinski definition) is 2. The number of hydrogen-bond donors (Lipinski definition) is 2. The van der Waals surface area contributed by atoms with Gasteiger partial charge in [0, 0.05) is 0 Å². The predicted octanol–water partition coefficient (Wildman–Crippen LogP) is 0.227. The summed E-state index contributed by atoms with van der Waals surface area (Å²) in [6.07, 6.45) is 0. The van der Waals surface area contributed by atoms with Crippen LogP contribution in [0.2, 0.25) is 0 Å². The fraction of sp³-hybridized carbons (Fsp3) is 0.667. The first kappa shape index (κ1) is 8.94. The van der Waals surface area contributed by atoms with Crippen LogP contribution in [-0.4, -0.2) is 22.5 Å². The molecule has 4 nitrogen and oxygen atoms in total. The van der Waals surface area contributed by atoms with E-state index in [4.69, 9.17) is 10.8 Å². The number of carboxylic acids is 1. The molecule has 58 valence electrons. The highest BCUT2D eigenvalue weighted by molar-refractivity contribution is 6.33. The van der Waals surface area contributed by atoms with E-state index in [-0.39, 0.29) is 5.84 Å². The summed E-state index contributed by atoms with van der Waals surface area (Å²) in [4.78, 5) is 13.8. The topological polar surface area (TPSA) is 75.7 Å². The summed E-state index contributed by atoms with van der Waals surface area (Å²) < 4.78 is 0. The number of carboxylic acid groups (broad SMARTS) is 1. The average molecular weight is 144 g/mol. The van der Waals surface area contributed by atoms with E-state index in [1.54, 1.807) is 20.8 Å². The lowest BCUT2D eigenvalue weighted by Crippen LogP contribution is -2.27. The highest BCUT2D eigenvalue weighted by Crippen LogP contribution is 2.05. The van der Waals surface area contributed by atoms with Crippen molar-refractivity contribution in [2.75, 3.05) is 0 Å². The second kappa shape index (κ2) is 2.68. The predicted molar refractivity (Wildman–Crippen MR) is 39.0 cm³/mol. The van der Waals surface area contributed by atoms with Gasteiger partial charge in [-0.2, -0.15) is 0 Å². The molecule has 0 atom stereocenters. The number of aliphatic carboxylic acids is 1. The van der Waals surface area contributed by atoms with Crippen molar-refractivity contribution in [3.63, 3.8) is 0 Å². The van der Waals surface area contributed by atoms with Crippen molar-refractivity contribution >= 4 is 11.8 Å². The summed E-state index contributed by atoms with van der Waals surface area (Å²) >= 11 is 0. The fourth-order valence-electron chi connectivity index (χ4n) is 0.409. The van der Waals surface area contributed by atoms with Gasteiger partial charge in [0.05, 0.1) is 5.54 Å². The SMILES string of the molecule is CC(C)(C)N=C(N)C(=O)O. The summed E-state index contributed by atoms with van der Waals surface area (Å²) in [5.41, 5.74) is 4.64. The highest BCUT2D eigenvalue weighted by Gasteiger charge is 2.11. The molecule has 0 aromatic rings. The summed E-state index contributed by atoms with van der Waals surface area (Å²) in [7, 11) is 0. The first-order chi connectivity index (χ1) is 4.33. The first-order valence-electron chi connectivity index (χ1n) is 2.91. The molecule has 0 unspecified atom stereocenters. The Labute approximate surface area is 59.8 Å². The van der Waals surface area contributed by atoms with Crippen LogP contribution in [0.4, 0.5) is 0 Å². The number of amidine groups is 1. The van der Waals surface area contributed by atoms with Crippen LogP contribution in [0, 0.1) is 0 Å². The van der Waals surface area contributed by atoms with Gasteiger partial charge < -0.3 is 10.8 Å². The van der Waals surface area contributed by atoms with Gasteiger partial charge in [0.25, 0.3) is 0 Å². The van der Waals surface area contributed by atoms with Gasteiger partial charge in [0.1, 0.15) is 0 Å². The van der Waals surface area contributed by atoms with Crippen LogP contribution in [-0.2, 0) is 4.79 Å². The van der Waals surface area contributed by atoms with Gasteiger partial charge in [-0.05, 0) is 20.8 Å². The van der Waals surface area contributed by atoms with Crippen molar-refractivity contribution in [3.8, 4) is 0 Å². The summed E-state index contributed by atoms with van der Waals surface area (Å²) in [5, 5.41) is 8.29. The molecule has 4 heteroatoms. The minimum absolute atomic E-state index is 0.340. The van der Waals surface area contributed by atoms with E-state index < -0.39 is 11.5 Å². The number of aliphatic imine (C=N–C) groups is 1. The Morgan fingerprint density at radius 3 is 2.00 bits per heavy atom. The Morgan fingerprint density at radius 2 is 1.90 bits per heavy atom.